The van der Waals surface area contributed by atoms with Crippen LogP contribution >= 0.6 is 11.6 Å². The molecule has 1 heterocycles. The summed E-state index contributed by atoms with van der Waals surface area (Å²) in [6.45, 7) is 0. The Balaban J connectivity index is 2.54. The monoisotopic (exact) mass is 300 g/mol. The fourth-order valence-electron chi connectivity index (χ4n) is 1.87. The molecular weight excluding hydrogens is 288 g/mol. The molecule has 0 radical (unpaired) electrons. The molecule has 1 aromatic carbocycles. The van der Waals surface area contributed by atoms with Gasteiger partial charge in [0.2, 0.25) is 0 Å². The van der Waals surface area contributed by atoms with Crippen molar-refractivity contribution in [1.29, 1.82) is 5.26 Å². The number of allylic oxidation sites excluding steroid dienone is 1. The fourth-order valence-corrected chi connectivity index (χ4v) is 2.14. The van der Waals surface area contributed by atoms with Gasteiger partial charge in [0.25, 0.3) is 0 Å². The minimum absolute atomic E-state index is 0.339. The number of rotatable bonds is 4. The van der Waals surface area contributed by atoms with Crippen molar-refractivity contribution < 1.29 is 9.47 Å². The largest absolute Gasteiger partial charge is 0.493 e. The molecule has 0 unspecified atom stereocenters. The number of nitrogens with zero attached hydrogens (tertiary/aromatic N) is 2. The van der Waals surface area contributed by atoms with Crippen LogP contribution in [0.25, 0.3) is 10.6 Å². The first-order valence-corrected chi connectivity index (χ1v) is 6.51. The molecule has 0 aliphatic carbocycles. The molecule has 2 rings (SSSR count). The lowest BCUT2D eigenvalue weighted by Gasteiger charge is -2.10. The lowest BCUT2D eigenvalue weighted by Crippen LogP contribution is -1.92. The summed E-state index contributed by atoms with van der Waals surface area (Å²) in [4.78, 5) is 4.00. The topological polar surface area (TPSA) is 55.1 Å². The molecule has 0 aliphatic rings. The van der Waals surface area contributed by atoms with E-state index >= 15 is 0 Å². The lowest BCUT2D eigenvalue weighted by molar-refractivity contribution is 0.355. The first-order chi connectivity index (χ1) is 10.2. The average molecular weight is 301 g/mol. The molecule has 0 saturated carbocycles. The minimum Gasteiger partial charge on any atom is -0.493 e. The van der Waals surface area contributed by atoms with Gasteiger partial charge in [0, 0.05) is 18.0 Å². The van der Waals surface area contributed by atoms with Crippen molar-refractivity contribution in [3.8, 4) is 17.6 Å². The van der Waals surface area contributed by atoms with Gasteiger partial charge in [-0.05, 0) is 29.8 Å². The van der Waals surface area contributed by atoms with Crippen LogP contribution in [0.5, 0.6) is 11.5 Å². The van der Waals surface area contributed by atoms with Crippen molar-refractivity contribution in [1.82, 2.24) is 4.98 Å². The SMILES string of the molecule is COc1ccc(/C(Cl)=C(/C#N)c2cccnc2)cc1OC. The zero-order valence-corrected chi connectivity index (χ0v) is 12.4. The van der Waals surface area contributed by atoms with Gasteiger partial charge in [0.1, 0.15) is 6.07 Å². The number of hydrogen-bond donors (Lipinski definition) is 0. The summed E-state index contributed by atoms with van der Waals surface area (Å²) >= 11 is 6.36. The van der Waals surface area contributed by atoms with Crippen molar-refractivity contribution >= 4 is 22.2 Å². The second kappa shape index (κ2) is 6.78. The smallest absolute Gasteiger partial charge is 0.161 e. The Hall–Kier alpha value is -2.51. The Bertz CT molecular complexity index is 706. The van der Waals surface area contributed by atoms with Crippen LogP contribution in [-0.4, -0.2) is 19.2 Å². The first-order valence-electron chi connectivity index (χ1n) is 6.14. The maximum atomic E-state index is 9.36. The van der Waals surface area contributed by atoms with Crippen LogP contribution in [-0.2, 0) is 0 Å². The van der Waals surface area contributed by atoms with E-state index in [-0.39, 0.29) is 0 Å². The van der Waals surface area contributed by atoms with E-state index in [2.05, 4.69) is 11.1 Å². The highest BCUT2D eigenvalue weighted by atomic mass is 35.5. The molecule has 0 atom stereocenters. The van der Waals surface area contributed by atoms with Gasteiger partial charge < -0.3 is 9.47 Å². The number of ether oxygens (including phenoxy) is 2. The van der Waals surface area contributed by atoms with Crippen LogP contribution < -0.4 is 9.47 Å². The van der Waals surface area contributed by atoms with E-state index in [1.807, 2.05) is 0 Å². The molecule has 0 saturated heterocycles. The quantitative estimate of drug-likeness (QED) is 0.807. The summed E-state index contributed by atoms with van der Waals surface area (Å²) in [5.74, 6) is 1.15. The van der Waals surface area contributed by atoms with Crippen molar-refractivity contribution in [2.24, 2.45) is 0 Å². The molecule has 0 amide bonds. The second-order valence-electron chi connectivity index (χ2n) is 4.11. The van der Waals surface area contributed by atoms with Gasteiger partial charge in [0.15, 0.2) is 11.5 Å². The van der Waals surface area contributed by atoms with E-state index < -0.39 is 0 Å². The van der Waals surface area contributed by atoms with Crippen molar-refractivity contribution in [2.75, 3.05) is 14.2 Å². The minimum atomic E-state index is 0.339. The number of benzene rings is 1. The predicted octanol–water partition coefficient (Wildman–Crippen LogP) is 3.73. The normalized spacial score (nSPS) is 11.3. The first kappa shape index (κ1) is 14.9. The van der Waals surface area contributed by atoms with Crippen molar-refractivity contribution in [3.63, 3.8) is 0 Å². The molecule has 4 nitrogen and oxygen atoms in total. The number of hydrogen-bond acceptors (Lipinski definition) is 4. The number of nitriles is 1. The van der Waals surface area contributed by atoms with E-state index in [0.717, 1.165) is 0 Å². The number of halogens is 1. The predicted molar refractivity (Wildman–Crippen MR) is 82.1 cm³/mol. The fraction of sp³-hybridized carbons (Fsp3) is 0.125. The molecule has 0 bridgehead atoms. The van der Waals surface area contributed by atoms with Crippen LogP contribution in [0.1, 0.15) is 11.1 Å². The van der Waals surface area contributed by atoms with Crippen LogP contribution in [0.15, 0.2) is 42.7 Å². The van der Waals surface area contributed by atoms with E-state index in [9.17, 15) is 5.26 Å². The Morgan fingerprint density at radius 1 is 1.14 bits per heavy atom. The average Bonchev–Trinajstić information content (AvgIpc) is 2.55. The summed E-state index contributed by atoms with van der Waals surface area (Å²) in [5.41, 5.74) is 1.70. The molecule has 0 aliphatic heterocycles. The Kier molecular flexibility index (Phi) is 4.81. The van der Waals surface area contributed by atoms with Crippen molar-refractivity contribution in [2.45, 2.75) is 0 Å². The van der Waals surface area contributed by atoms with Gasteiger partial charge in [-0.25, -0.2) is 0 Å². The molecule has 21 heavy (non-hydrogen) atoms. The van der Waals surface area contributed by atoms with Crippen LogP contribution in [0.4, 0.5) is 0 Å². The lowest BCUT2D eigenvalue weighted by atomic mass is 10.0. The van der Waals surface area contributed by atoms with E-state index in [0.29, 0.717) is 33.2 Å². The number of pyridine rings is 1. The molecule has 0 fully saturated rings. The zero-order valence-electron chi connectivity index (χ0n) is 11.6. The third-order valence-corrected chi connectivity index (χ3v) is 3.33. The van der Waals surface area contributed by atoms with Gasteiger partial charge in [-0.3, -0.25) is 4.98 Å². The van der Waals surface area contributed by atoms with E-state index in [4.69, 9.17) is 21.1 Å². The second-order valence-corrected chi connectivity index (χ2v) is 4.49. The Labute approximate surface area is 128 Å². The van der Waals surface area contributed by atoms with Crippen molar-refractivity contribution in [3.05, 3.63) is 53.9 Å². The summed E-state index contributed by atoms with van der Waals surface area (Å²) < 4.78 is 10.4. The van der Waals surface area contributed by atoms with E-state index in [1.165, 1.54) is 0 Å². The maximum Gasteiger partial charge on any atom is 0.161 e. The van der Waals surface area contributed by atoms with Gasteiger partial charge in [-0.15, -0.1) is 0 Å². The summed E-state index contributed by atoms with van der Waals surface area (Å²) in [6, 6.07) is 10.9. The van der Waals surface area contributed by atoms with Crippen LogP contribution in [0, 0.1) is 11.3 Å². The van der Waals surface area contributed by atoms with E-state index in [1.54, 1.807) is 56.9 Å². The third-order valence-electron chi connectivity index (χ3n) is 2.92. The maximum absolute atomic E-state index is 9.36. The number of methoxy groups -OCH3 is 2. The highest BCUT2D eigenvalue weighted by Gasteiger charge is 2.12. The van der Waals surface area contributed by atoms with Crippen LogP contribution in [0.2, 0.25) is 0 Å². The Morgan fingerprint density at radius 3 is 2.48 bits per heavy atom. The summed E-state index contributed by atoms with van der Waals surface area (Å²) in [7, 11) is 3.11. The van der Waals surface area contributed by atoms with Gasteiger partial charge in [-0.1, -0.05) is 17.7 Å². The summed E-state index contributed by atoms with van der Waals surface area (Å²) in [6.07, 6.45) is 3.24. The highest BCUT2D eigenvalue weighted by Crippen LogP contribution is 2.34. The highest BCUT2D eigenvalue weighted by molar-refractivity contribution is 6.53. The molecule has 0 N–H and O–H groups in total. The third kappa shape index (κ3) is 3.15. The Morgan fingerprint density at radius 2 is 1.90 bits per heavy atom. The van der Waals surface area contributed by atoms with Gasteiger partial charge in [-0.2, -0.15) is 5.26 Å². The molecular formula is C16H13ClN2O2. The molecule has 106 valence electrons. The molecule has 2 aromatic rings. The van der Waals surface area contributed by atoms with Crippen LogP contribution in [0.3, 0.4) is 0 Å². The molecule has 5 heteroatoms. The molecule has 0 spiro atoms. The van der Waals surface area contributed by atoms with Gasteiger partial charge in [0.05, 0.1) is 24.8 Å². The zero-order chi connectivity index (χ0) is 15.2. The van der Waals surface area contributed by atoms with Gasteiger partial charge >= 0.3 is 0 Å². The summed E-state index contributed by atoms with van der Waals surface area (Å²) in [5, 5.41) is 9.70. The standard InChI is InChI=1S/C16H13ClN2O2/c1-20-14-6-5-11(8-15(14)21-2)16(17)13(9-18)12-4-3-7-19-10-12/h3-8,10H,1-2H3/b16-13+. The number of aromatic nitrogens is 1. The molecule has 1 aromatic heterocycles.